The first-order valence-corrected chi connectivity index (χ1v) is 11.9. The summed E-state index contributed by atoms with van der Waals surface area (Å²) in [5.74, 6) is -2.80. The summed E-state index contributed by atoms with van der Waals surface area (Å²) in [6.45, 7) is 10.9. The Bertz CT molecular complexity index is 1050. The van der Waals surface area contributed by atoms with Gasteiger partial charge in [-0.25, -0.2) is 4.39 Å². The summed E-state index contributed by atoms with van der Waals surface area (Å²) in [6.07, 6.45) is 0.477. The van der Waals surface area contributed by atoms with Crippen molar-refractivity contribution in [2.45, 2.75) is 46.3 Å². The van der Waals surface area contributed by atoms with Crippen molar-refractivity contribution in [2.75, 3.05) is 26.2 Å². The van der Waals surface area contributed by atoms with E-state index in [2.05, 4.69) is 13.8 Å². The van der Waals surface area contributed by atoms with Crippen LogP contribution in [0, 0.1) is 5.82 Å². The molecule has 0 radical (unpaired) electrons. The fraction of sp³-hybridized carbons (Fsp3) is 0.407. The van der Waals surface area contributed by atoms with Crippen molar-refractivity contribution in [1.29, 1.82) is 0 Å². The Balaban J connectivity index is 2.00. The zero-order valence-electron chi connectivity index (χ0n) is 20.3. The van der Waals surface area contributed by atoms with Crippen LogP contribution in [0.5, 0.6) is 5.75 Å². The maximum atomic E-state index is 14.6. The van der Waals surface area contributed by atoms with E-state index in [0.717, 1.165) is 25.7 Å². The van der Waals surface area contributed by atoms with Crippen molar-refractivity contribution in [3.63, 3.8) is 0 Å². The molecular weight excluding hydrogens is 435 g/mol. The van der Waals surface area contributed by atoms with Gasteiger partial charge in [-0.3, -0.25) is 9.59 Å². The molecular formula is C27H33FN2O4. The Morgan fingerprint density at radius 2 is 1.79 bits per heavy atom. The number of hydrogen-bond acceptors (Lipinski definition) is 4. The Kier molecular flexibility index (Phi) is 8.45. The van der Waals surface area contributed by atoms with Gasteiger partial charge >= 0.3 is 0 Å². The number of benzene rings is 2. The molecule has 1 heterocycles. The second-order valence-corrected chi connectivity index (χ2v) is 8.76. The van der Waals surface area contributed by atoms with Crippen molar-refractivity contribution in [3.05, 3.63) is 71.0 Å². The minimum absolute atomic E-state index is 0.0140. The van der Waals surface area contributed by atoms with Gasteiger partial charge in [0.2, 0.25) is 5.78 Å². The molecule has 1 aliphatic rings. The Morgan fingerprint density at radius 1 is 1.12 bits per heavy atom. The first kappa shape index (κ1) is 25.4. The zero-order chi connectivity index (χ0) is 24.8. The number of ether oxygens (including phenoxy) is 1. The fourth-order valence-electron chi connectivity index (χ4n) is 4.33. The van der Waals surface area contributed by atoms with Crippen LogP contribution in [0.15, 0.2) is 54.1 Å². The summed E-state index contributed by atoms with van der Waals surface area (Å²) in [4.78, 5) is 28.9. The van der Waals surface area contributed by atoms with Gasteiger partial charge in [-0.15, -0.1) is 0 Å². The number of rotatable bonds is 10. The number of amides is 1. The predicted octanol–water partition coefficient (Wildman–Crippen LogP) is 2.15. The minimum atomic E-state index is -0.822. The summed E-state index contributed by atoms with van der Waals surface area (Å²) in [6, 6.07) is 12.1. The maximum Gasteiger partial charge on any atom is 0.295 e. The molecule has 0 aromatic heterocycles. The third-order valence-electron chi connectivity index (χ3n) is 6.13. The lowest BCUT2D eigenvalue weighted by atomic mass is 9.95. The monoisotopic (exact) mass is 468 g/mol. The van der Waals surface area contributed by atoms with Crippen LogP contribution < -0.4 is 14.7 Å². The average Bonchev–Trinajstić information content (AvgIpc) is 3.08. The SMILES string of the molecule is CC[NH+](CC)CCCN1C(=O)C(=O)C(=C([O-])c2ccc(OC(C)C)c(F)c2)C1c1ccccc1. The molecule has 0 bridgehead atoms. The van der Waals surface area contributed by atoms with E-state index < -0.39 is 29.3 Å². The van der Waals surface area contributed by atoms with Crippen molar-refractivity contribution in [2.24, 2.45) is 0 Å². The second-order valence-electron chi connectivity index (χ2n) is 8.76. The smallest absolute Gasteiger partial charge is 0.295 e. The number of likely N-dealkylation sites (tertiary alicyclic amines) is 1. The van der Waals surface area contributed by atoms with Gasteiger partial charge in [-0.05, 0) is 51.0 Å². The van der Waals surface area contributed by atoms with Crippen LogP contribution in [-0.2, 0) is 9.59 Å². The van der Waals surface area contributed by atoms with Crippen molar-refractivity contribution in [3.8, 4) is 5.75 Å². The van der Waals surface area contributed by atoms with Gasteiger partial charge in [0.25, 0.3) is 5.91 Å². The molecule has 1 unspecified atom stereocenters. The molecule has 1 amide bonds. The fourth-order valence-corrected chi connectivity index (χ4v) is 4.33. The Labute approximate surface area is 200 Å². The molecule has 3 rings (SSSR count). The van der Waals surface area contributed by atoms with Gasteiger partial charge in [-0.2, -0.15) is 0 Å². The van der Waals surface area contributed by atoms with Crippen molar-refractivity contribution in [1.82, 2.24) is 4.90 Å². The van der Waals surface area contributed by atoms with E-state index in [1.165, 1.54) is 21.9 Å². The highest BCUT2D eigenvalue weighted by Crippen LogP contribution is 2.39. The van der Waals surface area contributed by atoms with Crippen LogP contribution in [0.3, 0.4) is 0 Å². The summed E-state index contributed by atoms with van der Waals surface area (Å²) >= 11 is 0. The van der Waals surface area contributed by atoms with E-state index >= 15 is 0 Å². The molecule has 2 aromatic carbocycles. The number of carbonyl (C=O) groups excluding carboxylic acids is 2. The second kappa shape index (κ2) is 11.3. The van der Waals surface area contributed by atoms with E-state index in [1.54, 1.807) is 38.1 Å². The highest BCUT2D eigenvalue weighted by molar-refractivity contribution is 6.46. The highest BCUT2D eigenvalue weighted by atomic mass is 19.1. The van der Waals surface area contributed by atoms with Crippen LogP contribution in [0.1, 0.15) is 51.3 Å². The van der Waals surface area contributed by atoms with Crippen LogP contribution >= 0.6 is 0 Å². The Morgan fingerprint density at radius 3 is 2.38 bits per heavy atom. The predicted molar refractivity (Wildman–Crippen MR) is 127 cm³/mol. The molecule has 0 aliphatic carbocycles. The van der Waals surface area contributed by atoms with E-state index in [-0.39, 0.29) is 23.0 Å². The molecule has 1 atom stereocenters. The molecule has 1 aliphatic heterocycles. The first-order valence-electron chi connectivity index (χ1n) is 11.9. The number of ketones is 1. The molecule has 1 N–H and O–H groups in total. The number of quaternary nitrogens is 1. The third kappa shape index (κ3) is 5.47. The summed E-state index contributed by atoms with van der Waals surface area (Å²) in [7, 11) is 0. The third-order valence-corrected chi connectivity index (χ3v) is 6.13. The van der Waals surface area contributed by atoms with E-state index in [1.807, 2.05) is 6.07 Å². The Hall–Kier alpha value is -3.19. The lowest BCUT2D eigenvalue weighted by Gasteiger charge is -2.28. The molecule has 34 heavy (non-hydrogen) atoms. The van der Waals surface area contributed by atoms with Crippen molar-refractivity contribution >= 4 is 17.4 Å². The number of hydrogen-bond donors (Lipinski definition) is 1. The lowest BCUT2D eigenvalue weighted by Crippen LogP contribution is -3.11. The standard InChI is InChI=1S/C27H33FN2O4/c1-5-29(6-2)15-10-16-30-24(19-11-8-7-9-12-19)23(26(32)27(30)33)25(31)20-13-14-22(21(28)17-20)34-18(3)4/h7-9,11-14,17-18,24,31H,5-6,10,15-16H2,1-4H3. The number of nitrogens with one attached hydrogen (secondary N) is 1. The topological polar surface area (TPSA) is 74.1 Å². The minimum Gasteiger partial charge on any atom is -0.872 e. The molecule has 6 nitrogen and oxygen atoms in total. The maximum absolute atomic E-state index is 14.6. The number of carbonyl (C=O) groups is 2. The summed E-state index contributed by atoms with van der Waals surface area (Å²) < 4.78 is 20.0. The van der Waals surface area contributed by atoms with Crippen LogP contribution in [-0.4, -0.2) is 48.9 Å². The van der Waals surface area contributed by atoms with E-state index in [4.69, 9.17) is 4.74 Å². The number of nitrogens with zero attached hydrogens (tertiary/aromatic N) is 1. The first-order chi connectivity index (χ1) is 16.3. The van der Waals surface area contributed by atoms with E-state index in [9.17, 15) is 19.1 Å². The van der Waals surface area contributed by atoms with Crippen LogP contribution in [0.4, 0.5) is 4.39 Å². The molecule has 2 aromatic rings. The molecule has 7 heteroatoms. The normalized spacial score (nSPS) is 17.7. The molecule has 182 valence electrons. The summed E-state index contributed by atoms with van der Waals surface area (Å²) in [5, 5.41) is 13.4. The quantitative estimate of drug-likeness (QED) is 0.330. The van der Waals surface area contributed by atoms with Crippen molar-refractivity contribution < 1.29 is 28.7 Å². The molecule has 0 spiro atoms. The molecule has 1 saturated heterocycles. The van der Waals surface area contributed by atoms with Gasteiger partial charge in [-0.1, -0.05) is 42.2 Å². The van der Waals surface area contributed by atoms with E-state index in [0.29, 0.717) is 18.5 Å². The largest absolute Gasteiger partial charge is 0.872 e. The van der Waals surface area contributed by atoms with Crippen LogP contribution in [0.25, 0.3) is 5.76 Å². The average molecular weight is 469 g/mol. The zero-order valence-corrected chi connectivity index (χ0v) is 20.3. The van der Waals surface area contributed by atoms with Gasteiger partial charge < -0.3 is 19.6 Å². The highest BCUT2D eigenvalue weighted by Gasteiger charge is 2.43. The van der Waals surface area contributed by atoms with Gasteiger partial charge in [0.1, 0.15) is 0 Å². The molecule has 0 saturated carbocycles. The van der Waals surface area contributed by atoms with Gasteiger partial charge in [0.05, 0.1) is 31.8 Å². The van der Waals surface area contributed by atoms with Gasteiger partial charge in [0, 0.05) is 18.5 Å². The van der Waals surface area contributed by atoms with Crippen LogP contribution in [0.2, 0.25) is 0 Å². The summed E-state index contributed by atoms with van der Waals surface area (Å²) in [5.41, 5.74) is 0.559. The number of Topliss-reactive ketones (excluding diaryl/α,β-unsaturated/α-hetero) is 1. The van der Waals surface area contributed by atoms with Gasteiger partial charge in [0.15, 0.2) is 11.6 Å². The number of halogens is 1. The lowest BCUT2D eigenvalue weighted by molar-refractivity contribution is -0.896. The molecule has 1 fully saturated rings.